The van der Waals surface area contributed by atoms with Gasteiger partial charge in [-0.2, -0.15) is 0 Å². The topological polar surface area (TPSA) is 51.4 Å². The van der Waals surface area contributed by atoms with Crippen LogP contribution in [-0.2, 0) is 19.0 Å². The van der Waals surface area contributed by atoms with E-state index in [0.717, 1.165) is 30.4 Å². The molecule has 3 aliphatic heterocycles. The van der Waals surface area contributed by atoms with Gasteiger partial charge in [0, 0.05) is 18.4 Å². The van der Waals surface area contributed by atoms with Crippen molar-refractivity contribution in [3.8, 4) is 0 Å². The molecule has 4 fully saturated rings. The Balaban J connectivity index is 1.67. The lowest BCUT2D eigenvalue weighted by Crippen LogP contribution is -2.40. The highest BCUT2D eigenvalue weighted by atomic mass is 16.7. The third-order valence-corrected chi connectivity index (χ3v) is 6.34. The quantitative estimate of drug-likeness (QED) is 0.493. The van der Waals surface area contributed by atoms with Crippen LogP contribution in [0.4, 0.5) is 0 Å². The van der Waals surface area contributed by atoms with Crippen LogP contribution >= 0.6 is 0 Å². The first-order chi connectivity index (χ1) is 8.93. The normalized spacial score (nSPS) is 60.8. The summed E-state index contributed by atoms with van der Waals surface area (Å²) in [7, 11) is 0. The Labute approximate surface area is 112 Å². The van der Waals surface area contributed by atoms with Crippen molar-refractivity contribution < 1.29 is 19.0 Å². The van der Waals surface area contributed by atoms with Crippen LogP contribution in [0.15, 0.2) is 11.1 Å². The van der Waals surface area contributed by atoms with E-state index >= 15 is 0 Å². The fraction of sp³-hybridized carbons (Fsp3) is 0.800. The molecule has 0 radical (unpaired) electrons. The molecule has 0 N–H and O–H groups in total. The lowest BCUT2D eigenvalue weighted by Gasteiger charge is -2.23. The Bertz CT molecular complexity index is 566. The van der Waals surface area contributed by atoms with E-state index in [0.29, 0.717) is 12.0 Å². The number of ether oxygens (including phenoxy) is 3. The molecule has 2 saturated heterocycles. The molecule has 0 bridgehead atoms. The van der Waals surface area contributed by atoms with E-state index in [-0.39, 0.29) is 28.9 Å². The summed E-state index contributed by atoms with van der Waals surface area (Å²) < 4.78 is 17.8. The zero-order chi connectivity index (χ0) is 13.2. The van der Waals surface area contributed by atoms with Crippen LogP contribution in [0.5, 0.6) is 0 Å². The maximum atomic E-state index is 11.8. The minimum Gasteiger partial charge on any atom is -0.454 e. The van der Waals surface area contributed by atoms with Gasteiger partial charge in [0.1, 0.15) is 22.9 Å². The molecule has 0 aromatic carbocycles. The fourth-order valence-electron chi connectivity index (χ4n) is 5.22. The summed E-state index contributed by atoms with van der Waals surface area (Å²) in [4.78, 5) is 11.8. The van der Waals surface area contributed by atoms with Gasteiger partial charge in [0.15, 0.2) is 0 Å². The second-order valence-corrected chi connectivity index (χ2v) is 7.12. The van der Waals surface area contributed by atoms with Crippen molar-refractivity contribution in [2.75, 3.05) is 0 Å². The van der Waals surface area contributed by atoms with Gasteiger partial charge in [-0.15, -0.1) is 0 Å². The standard InChI is InChI=1S/C15H18O4/c1-7-4-10-9(8(2)12(16)17-10)5-14-13(3,19-14)6-11-15(7,14)18-11/h7,10-11H,4-6H2,1-3H3/t7-,10?,11+,13-,14-,15+/m1/s1. The summed E-state index contributed by atoms with van der Waals surface area (Å²) in [5, 5.41) is 0. The van der Waals surface area contributed by atoms with E-state index in [1.54, 1.807) is 0 Å². The summed E-state index contributed by atoms with van der Waals surface area (Å²) in [5.41, 5.74) is 1.62. The van der Waals surface area contributed by atoms with E-state index in [4.69, 9.17) is 14.2 Å². The van der Waals surface area contributed by atoms with Crippen molar-refractivity contribution in [2.45, 2.75) is 69.0 Å². The number of hydrogen-bond donors (Lipinski definition) is 0. The van der Waals surface area contributed by atoms with Crippen molar-refractivity contribution in [1.29, 1.82) is 0 Å². The van der Waals surface area contributed by atoms with Gasteiger partial charge in [0.25, 0.3) is 0 Å². The van der Waals surface area contributed by atoms with E-state index < -0.39 is 0 Å². The zero-order valence-electron chi connectivity index (χ0n) is 11.5. The van der Waals surface area contributed by atoms with Crippen LogP contribution in [0.2, 0.25) is 0 Å². The molecule has 0 aromatic rings. The Morgan fingerprint density at radius 1 is 1.37 bits per heavy atom. The molecule has 5 aliphatic rings. The van der Waals surface area contributed by atoms with Crippen LogP contribution in [0.25, 0.3) is 0 Å². The summed E-state index contributed by atoms with van der Waals surface area (Å²) in [6, 6.07) is 0. The number of hydrogen-bond acceptors (Lipinski definition) is 4. The molecule has 102 valence electrons. The van der Waals surface area contributed by atoms with Gasteiger partial charge >= 0.3 is 5.97 Å². The Morgan fingerprint density at radius 3 is 2.95 bits per heavy atom. The monoisotopic (exact) mass is 262 g/mol. The lowest BCUT2D eigenvalue weighted by molar-refractivity contribution is -0.140. The molecular formula is C15H18O4. The van der Waals surface area contributed by atoms with E-state index in [9.17, 15) is 4.79 Å². The van der Waals surface area contributed by atoms with Crippen LogP contribution in [0, 0.1) is 5.92 Å². The molecule has 4 heteroatoms. The maximum absolute atomic E-state index is 11.8. The van der Waals surface area contributed by atoms with Crippen molar-refractivity contribution >= 4 is 5.97 Å². The Kier molecular flexibility index (Phi) is 1.51. The number of epoxide rings is 2. The molecule has 2 saturated carbocycles. The molecule has 5 rings (SSSR count). The first kappa shape index (κ1) is 10.9. The molecule has 19 heavy (non-hydrogen) atoms. The van der Waals surface area contributed by atoms with Gasteiger partial charge in [-0.05, 0) is 31.8 Å². The SMILES string of the molecule is CC1=C2C[C@@]34O[C@]3(C)C[C@@H]3O[C@@]34[C@H](C)CC2OC1=O. The number of fused-ring (bicyclic) bond motifs is 1. The average molecular weight is 262 g/mol. The average Bonchev–Trinajstić information content (AvgIpc) is 3.16. The Hall–Kier alpha value is -0.870. The van der Waals surface area contributed by atoms with Crippen molar-refractivity contribution in [3.63, 3.8) is 0 Å². The second-order valence-electron chi connectivity index (χ2n) is 7.12. The van der Waals surface area contributed by atoms with E-state index in [2.05, 4.69) is 13.8 Å². The van der Waals surface area contributed by atoms with E-state index in [1.807, 2.05) is 6.92 Å². The lowest BCUT2D eigenvalue weighted by atomic mass is 9.78. The molecule has 3 heterocycles. The summed E-state index contributed by atoms with van der Waals surface area (Å²) in [6.45, 7) is 6.31. The van der Waals surface area contributed by atoms with Crippen molar-refractivity contribution in [2.24, 2.45) is 5.92 Å². The largest absolute Gasteiger partial charge is 0.454 e. The summed E-state index contributed by atoms with van der Waals surface area (Å²) >= 11 is 0. The molecule has 2 spiro atoms. The molecule has 0 aromatic heterocycles. The third-order valence-electron chi connectivity index (χ3n) is 6.34. The van der Waals surface area contributed by atoms with Crippen molar-refractivity contribution in [3.05, 3.63) is 11.1 Å². The smallest absolute Gasteiger partial charge is 0.334 e. The highest BCUT2D eigenvalue weighted by molar-refractivity contribution is 5.91. The second kappa shape index (κ2) is 2.63. The minimum absolute atomic E-state index is 0.0437. The summed E-state index contributed by atoms with van der Waals surface area (Å²) in [5.74, 6) is 0.233. The first-order valence-corrected chi connectivity index (χ1v) is 7.22. The van der Waals surface area contributed by atoms with Crippen LogP contribution in [0.1, 0.15) is 40.0 Å². The molecule has 2 aliphatic carbocycles. The number of rotatable bonds is 0. The first-order valence-electron chi connectivity index (χ1n) is 7.22. The van der Waals surface area contributed by atoms with Crippen molar-refractivity contribution in [1.82, 2.24) is 0 Å². The predicted molar refractivity (Wildman–Crippen MR) is 65.4 cm³/mol. The van der Waals surface area contributed by atoms with Gasteiger partial charge in [-0.25, -0.2) is 4.79 Å². The minimum atomic E-state index is -0.191. The molecule has 4 nitrogen and oxygen atoms in total. The predicted octanol–water partition coefficient (Wildman–Crippen LogP) is 1.73. The molecular weight excluding hydrogens is 244 g/mol. The van der Waals surface area contributed by atoms with Crippen LogP contribution < -0.4 is 0 Å². The number of carbonyl (C=O) groups excluding carboxylic acids is 1. The number of carbonyl (C=O) groups is 1. The molecule has 0 amide bonds. The molecule has 1 unspecified atom stereocenters. The highest BCUT2D eigenvalue weighted by Gasteiger charge is 2.93. The fourth-order valence-corrected chi connectivity index (χ4v) is 5.22. The Morgan fingerprint density at radius 2 is 2.16 bits per heavy atom. The van der Waals surface area contributed by atoms with Gasteiger partial charge in [-0.1, -0.05) is 6.92 Å². The van der Waals surface area contributed by atoms with Gasteiger partial charge in [-0.3, -0.25) is 0 Å². The van der Waals surface area contributed by atoms with Crippen LogP contribution in [-0.4, -0.2) is 35.0 Å². The number of esters is 1. The summed E-state index contributed by atoms with van der Waals surface area (Å²) in [6.07, 6.45) is 3.00. The highest BCUT2D eigenvalue weighted by Crippen LogP contribution is 2.78. The maximum Gasteiger partial charge on any atom is 0.334 e. The van der Waals surface area contributed by atoms with Crippen LogP contribution in [0.3, 0.4) is 0 Å². The molecule has 6 atom stereocenters. The third kappa shape index (κ3) is 0.897. The van der Waals surface area contributed by atoms with Gasteiger partial charge in [0.05, 0.1) is 6.10 Å². The van der Waals surface area contributed by atoms with Gasteiger partial charge in [0.2, 0.25) is 0 Å². The zero-order valence-corrected chi connectivity index (χ0v) is 11.5. The van der Waals surface area contributed by atoms with E-state index in [1.165, 1.54) is 0 Å². The van der Waals surface area contributed by atoms with Gasteiger partial charge < -0.3 is 14.2 Å².